The van der Waals surface area contributed by atoms with Crippen LogP contribution in [0.25, 0.3) is 11.5 Å². The van der Waals surface area contributed by atoms with E-state index < -0.39 is 0 Å². The van der Waals surface area contributed by atoms with Crippen molar-refractivity contribution in [3.63, 3.8) is 0 Å². The normalized spacial score (nSPS) is 23.0. The highest BCUT2D eigenvalue weighted by Crippen LogP contribution is 2.45. The molecule has 3 aromatic rings. The van der Waals surface area contributed by atoms with E-state index in [1.165, 1.54) is 18.4 Å². The van der Waals surface area contributed by atoms with Gasteiger partial charge in [0.1, 0.15) is 0 Å². The summed E-state index contributed by atoms with van der Waals surface area (Å²) in [5.74, 6) is 2.04. The fourth-order valence-corrected chi connectivity index (χ4v) is 4.17. The predicted octanol–water partition coefficient (Wildman–Crippen LogP) is 4.96. The average molecular weight is 380 g/mol. The standard InChI is InChI=1S/C22H22ClN3O/c23-17-9-7-16(8-10-17)20-25-21(26-27-20)22(11-4-12-22)14-24-19-13-18(19)15-5-2-1-3-6-15/h1-3,5-10,18-19,24H,4,11-14H2/t18-,19?/m1/s1. The van der Waals surface area contributed by atoms with Gasteiger partial charge in [-0.2, -0.15) is 4.98 Å². The minimum atomic E-state index is 0.0119. The lowest BCUT2D eigenvalue weighted by molar-refractivity contribution is 0.211. The molecule has 2 atom stereocenters. The van der Waals surface area contributed by atoms with E-state index in [0.717, 1.165) is 30.8 Å². The maximum atomic E-state index is 5.97. The Kier molecular flexibility index (Phi) is 4.25. The van der Waals surface area contributed by atoms with Gasteiger partial charge in [-0.25, -0.2) is 0 Å². The van der Waals surface area contributed by atoms with Crippen LogP contribution in [0.15, 0.2) is 59.1 Å². The van der Waals surface area contributed by atoms with Crippen molar-refractivity contribution in [3.8, 4) is 11.5 Å². The summed E-state index contributed by atoms with van der Waals surface area (Å²) in [6.07, 6.45) is 4.66. The van der Waals surface area contributed by atoms with E-state index >= 15 is 0 Å². The summed E-state index contributed by atoms with van der Waals surface area (Å²) in [7, 11) is 0. The summed E-state index contributed by atoms with van der Waals surface area (Å²) in [5, 5.41) is 8.79. The molecule has 0 aliphatic heterocycles. The summed E-state index contributed by atoms with van der Waals surface area (Å²) >= 11 is 5.97. The van der Waals surface area contributed by atoms with Crippen LogP contribution < -0.4 is 5.32 Å². The molecule has 2 aliphatic carbocycles. The monoisotopic (exact) mass is 379 g/mol. The first-order chi connectivity index (χ1) is 13.2. The van der Waals surface area contributed by atoms with Crippen LogP contribution in [0.3, 0.4) is 0 Å². The zero-order valence-electron chi connectivity index (χ0n) is 15.1. The molecule has 1 unspecified atom stereocenters. The largest absolute Gasteiger partial charge is 0.334 e. The third-order valence-corrected chi connectivity index (χ3v) is 6.27. The zero-order chi connectivity index (χ0) is 18.3. The van der Waals surface area contributed by atoms with Crippen LogP contribution in [-0.4, -0.2) is 22.7 Å². The molecular weight excluding hydrogens is 358 g/mol. The van der Waals surface area contributed by atoms with Crippen LogP contribution in [0.5, 0.6) is 0 Å². The number of nitrogens with zero attached hydrogens (tertiary/aromatic N) is 2. The van der Waals surface area contributed by atoms with Crippen LogP contribution in [0.2, 0.25) is 5.02 Å². The molecule has 5 rings (SSSR count). The molecule has 2 saturated carbocycles. The quantitative estimate of drug-likeness (QED) is 0.657. The Morgan fingerprint density at radius 2 is 1.85 bits per heavy atom. The van der Waals surface area contributed by atoms with Crippen LogP contribution in [0.1, 0.15) is 43.0 Å². The summed E-state index contributed by atoms with van der Waals surface area (Å²) in [6, 6.07) is 18.9. The maximum absolute atomic E-state index is 5.97. The van der Waals surface area contributed by atoms with Gasteiger partial charge >= 0.3 is 0 Å². The average Bonchev–Trinajstić information content (AvgIpc) is 3.28. The molecule has 0 radical (unpaired) electrons. The molecule has 0 spiro atoms. The summed E-state index contributed by atoms with van der Waals surface area (Å²) in [6.45, 7) is 0.917. The first kappa shape index (κ1) is 17.0. The molecule has 1 N–H and O–H groups in total. The highest BCUT2D eigenvalue weighted by atomic mass is 35.5. The molecule has 2 aliphatic rings. The second-order valence-corrected chi connectivity index (χ2v) is 8.24. The Morgan fingerprint density at radius 1 is 1.07 bits per heavy atom. The van der Waals surface area contributed by atoms with Crippen molar-refractivity contribution in [3.05, 3.63) is 71.0 Å². The second kappa shape index (κ2) is 6.77. The Labute approximate surface area is 163 Å². The lowest BCUT2D eigenvalue weighted by Crippen LogP contribution is -2.45. The molecule has 2 fully saturated rings. The van der Waals surface area contributed by atoms with Gasteiger partial charge in [0.25, 0.3) is 5.89 Å². The molecule has 0 amide bonds. The molecule has 27 heavy (non-hydrogen) atoms. The van der Waals surface area contributed by atoms with Crippen LogP contribution in [-0.2, 0) is 5.41 Å². The molecule has 1 aromatic heterocycles. The van der Waals surface area contributed by atoms with E-state index in [9.17, 15) is 0 Å². The van der Waals surface area contributed by atoms with Crippen molar-refractivity contribution in [2.75, 3.05) is 6.54 Å². The van der Waals surface area contributed by atoms with Gasteiger partial charge in [-0.1, -0.05) is 53.5 Å². The van der Waals surface area contributed by atoms with Crippen LogP contribution in [0, 0.1) is 0 Å². The summed E-state index contributed by atoms with van der Waals surface area (Å²) < 4.78 is 5.55. The van der Waals surface area contributed by atoms with E-state index in [2.05, 4.69) is 40.8 Å². The van der Waals surface area contributed by atoms with Crippen molar-refractivity contribution in [1.29, 1.82) is 0 Å². The maximum Gasteiger partial charge on any atom is 0.257 e. The predicted molar refractivity (Wildman–Crippen MR) is 106 cm³/mol. The van der Waals surface area contributed by atoms with E-state index in [1.54, 1.807) is 0 Å². The second-order valence-electron chi connectivity index (χ2n) is 7.80. The van der Waals surface area contributed by atoms with Gasteiger partial charge in [0.2, 0.25) is 0 Å². The molecule has 1 heterocycles. The summed E-state index contributed by atoms with van der Waals surface area (Å²) in [5.41, 5.74) is 2.35. The van der Waals surface area contributed by atoms with Crippen molar-refractivity contribution in [1.82, 2.24) is 15.5 Å². The van der Waals surface area contributed by atoms with Crippen LogP contribution >= 0.6 is 11.6 Å². The van der Waals surface area contributed by atoms with Crippen molar-refractivity contribution < 1.29 is 4.52 Å². The fraction of sp³-hybridized carbons (Fsp3) is 0.364. The first-order valence-electron chi connectivity index (χ1n) is 9.62. The molecule has 138 valence electrons. The highest BCUT2D eigenvalue weighted by molar-refractivity contribution is 6.30. The van der Waals surface area contributed by atoms with E-state index in [4.69, 9.17) is 21.1 Å². The number of nitrogens with one attached hydrogen (secondary N) is 1. The lowest BCUT2D eigenvalue weighted by Gasteiger charge is -2.39. The molecule has 0 saturated heterocycles. The van der Waals surface area contributed by atoms with Gasteiger partial charge in [-0.05, 0) is 49.1 Å². The Hall–Kier alpha value is -2.17. The fourth-order valence-electron chi connectivity index (χ4n) is 4.05. The number of hydrogen-bond donors (Lipinski definition) is 1. The number of benzene rings is 2. The lowest BCUT2D eigenvalue weighted by atomic mass is 9.68. The van der Waals surface area contributed by atoms with Crippen LogP contribution in [0.4, 0.5) is 0 Å². The van der Waals surface area contributed by atoms with Gasteiger partial charge < -0.3 is 9.84 Å². The third kappa shape index (κ3) is 3.28. The number of halogens is 1. The topological polar surface area (TPSA) is 51.0 Å². The van der Waals surface area contributed by atoms with Gasteiger partial charge in [0.05, 0.1) is 0 Å². The number of aromatic nitrogens is 2. The smallest absolute Gasteiger partial charge is 0.257 e. The third-order valence-electron chi connectivity index (χ3n) is 6.02. The van der Waals surface area contributed by atoms with Gasteiger partial charge in [0, 0.05) is 34.5 Å². The Bertz CT molecular complexity index is 918. The molecule has 4 nitrogen and oxygen atoms in total. The number of rotatable bonds is 6. The van der Waals surface area contributed by atoms with Gasteiger partial charge in [0.15, 0.2) is 5.82 Å². The van der Waals surface area contributed by atoms with Gasteiger partial charge in [-0.15, -0.1) is 0 Å². The molecular formula is C22H22ClN3O. The van der Waals surface area contributed by atoms with E-state index in [-0.39, 0.29) is 5.41 Å². The van der Waals surface area contributed by atoms with Crippen molar-refractivity contribution in [2.24, 2.45) is 0 Å². The molecule has 2 aromatic carbocycles. The Morgan fingerprint density at radius 3 is 2.56 bits per heavy atom. The van der Waals surface area contributed by atoms with Crippen molar-refractivity contribution >= 4 is 11.6 Å². The Balaban J connectivity index is 1.27. The zero-order valence-corrected chi connectivity index (χ0v) is 15.8. The summed E-state index contributed by atoms with van der Waals surface area (Å²) in [4.78, 5) is 4.72. The minimum absolute atomic E-state index is 0.0119. The van der Waals surface area contributed by atoms with Crippen molar-refractivity contribution in [2.45, 2.75) is 43.1 Å². The molecule has 0 bridgehead atoms. The minimum Gasteiger partial charge on any atom is -0.334 e. The molecule has 5 heteroatoms. The first-order valence-corrected chi connectivity index (χ1v) is 10.00. The number of hydrogen-bond acceptors (Lipinski definition) is 4. The van der Waals surface area contributed by atoms with E-state index in [1.807, 2.05) is 24.3 Å². The van der Waals surface area contributed by atoms with Gasteiger partial charge in [-0.3, -0.25) is 0 Å². The SMILES string of the molecule is Clc1ccc(-c2nc(C3(CNC4C[C@@H]4c4ccccc4)CCC3)no2)cc1. The van der Waals surface area contributed by atoms with E-state index in [0.29, 0.717) is 22.9 Å². The highest BCUT2D eigenvalue weighted by Gasteiger charge is 2.46.